The molecule has 2 heterocycles. The van der Waals surface area contributed by atoms with Crippen LogP contribution in [0.5, 0.6) is 0 Å². The molecule has 4 rings (SSSR count). The van der Waals surface area contributed by atoms with Gasteiger partial charge in [0.05, 0.1) is 16.3 Å². The molecule has 2 atom stereocenters. The van der Waals surface area contributed by atoms with Gasteiger partial charge < -0.3 is 4.90 Å². The quantitative estimate of drug-likeness (QED) is 0.774. The number of rotatable bonds is 2. The van der Waals surface area contributed by atoms with Crippen LogP contribution in [0, 0.1) is 5.92 Å². The third kappa shape index (κ3) is 2.45. The van der Waals surface area contributed by atoms with Gasteiger partial charge in [0.25, 0.3) is 0 Å². The molecule has 1 saturated heterocycles. The molecule has 2 aliphatic rings. The smallest absolute Gasteiger partial charge is 0.226 e. The summed E-state index contributed by atoms with van der Waals surface area (Å²) in [5, 5.41) is 1.11. The number of amides is 1. The number of likely N-dealkylation sites (tertiary alicyclic amines) is 1. The lowest BCUT2D eigenvalue weighted by Crippen LogP contribution is -2.36. The van der Waals surface area contributed by atoms with Gasteiger partial charge >= 0.3 is 0 Å². The fourth-order valence-electron chi connectivity index (χ4n) is 3.57. The standard InChI is InChI=1S/C18H20N2OS/c21-18(13-7-2-1-3-8-13)20-12-6-10-15(20)17-19-14-9-4-5-11-16(14)22-17/h1-2,4-5,9,11,13,15H,3,6-8,10,12H2/t13-,15-/m0/s1. The van der Waals surface area contributed by atoms with Crippen molar-refractivity contribution in [3.8, 4) is 0 Å². The summed E-state index contributed by atoms with van der Waals surface area (Å²) in [5.74, 6) is 0.520. The third-order valence-electron chi connectivity index (χ3n) is 4.75. The fourth-order valence-corrected chi connectivity index (χ4v) is 4.69. The lowest BCUT2D eigenvalue weighted by molar-refractivity contribution is -0.136. The Morgan fingerprint density at radius 1 is 1.23 bits per heavy atom. The molecule has 4 heteroatoms. The predicted octanol–water partition coefficient (Wildman–Crippen LogP) is 4.32. The first kappa shape index (κ1) is 13.9. The molecule has 114 valence electrons. The summed E-state index contributed by atoms with van der Waals surface area (Å²) >= 11 is 1.74. The van der Waals surface area contributed by atoms with Crippen LogP contribution in [-0.4, -0.2) is 22.3 Å². The van der Waals surface area contributed by atoms with Crippen molar-refractivity contribution in [2.45, 2.75) is 38.1 Å². The average molecular weight is 312 g/mol. The van der Waals surface area contributed by atoms with E-state index >= 15 is 0 Å². The second kappa shape index (κ2) is 5.84. The van der Waals surface area contributed by atoms with E-state index in [2.05, 4.69) is 35.3 Å². The van der Waals surface area contributed by atoms with E-state index in [1.165, 1.54) is 4.70 Å². The topological polar surface area (TPSA) is 33.2 Å². The summed E-state index contributed by atoms with van der Waals surface area (Å²) in [4.78, 5) is 19.8. The van der Waals surface area contributed by atoms with Crippen molar-refractivity contribution in [2.24, 2.45) is 5.92 Å². The zero-order chi connectivity index (χ0) is 14.9. The zero-order valence-corrected chi connectivity index (χ0v) is 13.4. The molecule has 0 spiro atoms. The van der Waals surface area contributed by atoms with E-state index in [0.717, 1.165) is 49.2 Å². The first-order chi connectivity index (χ1) is 10.8. The highest BCUT2D eigenvalue weighted by Gasteiger charge is 2.35. The lowest BCUT2D eigenvalue weighted by Gasteiger charge is -2.28. The Kier molecular flexibility index (Phi) is 3.70. The van der Waals surface area contributed by atoms with Crippen molar-refractivity contribution in [1.29, 1.82) is 0 Å². The number of para-hydroxylation sites is 1. The van der Waals surface area contributed by atoms with E-state index in [-0.39, 0.29) is 12.0 Å². The van der Waals surface area contributed by atoms with Crippen molar-refractivity contribution in [1.82, 2.24) is 9.88 Å². The Labute approximate surface area is 134 Å². The number of aromatic nitrogens is 1. The van der Waals surface area contributed by atoms with Crippen LogP contribution in [0.4, 0.5) is 0 Å². The highest BCUT2D eigenvalue weighted by molar-refractivity contribution is 7.18. The predicted molar refractivity (Wildman–Crippen MR) is 89.8 cm³/mol. The first-order valence-corrected chi connectivity index (χ1v) is 8.95. The van der Waals surface area contributed by atoms with Crippen LogP contribution >= 0.6 is 11.3 Å². The summed E-state index contributed by atoms with van der Waals surface area (Å²) in [6.45, 7) is 0.889. The van der Waals surface area contributed by atoms with E-state index < -0.39 is 0 Å². The lowest BCUT2D eigenvalue weighted by atomic mass is 9.93. The van der Waals surface area contributed by atoms with Gasteiger partial charge in [-0.15, -0.1) is 11.3 Å². The number of hydrogen-bond donors (Lipinski definition) is 0. The van der Waals surface area contributed by atoms with E-state index in [9.17, 15) is 4.79 Å². The molecule has 1 aliphatic heterocycles. The van der Waals surface area contributed by atoms with Gasteiger partial charge in [-0.1, -0.05) is 24.3 Å². The first-order valence-electron chi connectivity index (χ1n) is 8.14. The van der Waals surface area contributed by atoms with Crippen LogP contribution in [0.3, 0.4) is 0 Å². The zero-order valence-electron chi connectivity index (χ0n) is 12.6. The molecule has 1 fully saturated rings. The number of carbonyl (C=O) groups is 1. The Morgan fingerprint density at radius 2 is 2.14 bits per heavy atom. The second-order valence-electron chi connectivity index (χ2n) is 6.19. The van der Waals surface area contributed by atoms with E-state index in [1.54, 1.807) is 11.3 Å². The molecule has 1 aliphatic carbocycles. The van der Waals surface area contributed by atoms with Crippen molar-refractivity contribution < 1.29 is 4.79 Å². The van der Waals surface area contributed by atoms with Crippen LogP contribution in [0.25, 0.3) is 10.2 Å². The van der Waals surface area contributed by atoms with E-state index in [0.29, 0.717) is 5.91 Å². The van der Waals surface area contributed by atoms with Gasteiger partial charge in [0.15, 0.2) is 0 Å². The summed E-state index contributed by atoms with van der Waals surface area (Å²) in [6.07, 6.45) is 9.44. The second-order valence-corrected chi connectivity index (χ2v) is 7.25. The Balaban J connectivity index is 1.60. The summed E-state index contributed by atoms with van der Waals surface area (Å²) in [6, 6.07) is 8.44. The van der Waals surface area contributed by atoms with Gasteiger partial charge in [0, 0.05) is 12.5 Å². The number of hydrogen-bond acceptors (Lipinski definition) is 3. The number of allylic oxidation sites excluding steroid dienone is 2. The average Bonchev–Trinajstić information content (AvgIpc) is 3.21. The normalized spacial score (nSPS) is 25.0. The SMILES string of the molecule is O=C([C@H]1CC=CCC1)N1CCC[C@H]1c1nc2ccccc2s1. The van der Waals surface area contributed by atoms with Crippen LogP contribution in [0.2, 0.25) is 0 Å². The number of benzene rings is 1. The molecule has 1 aromatic carbocycles. The molecular weight excluding hydrogens is 292 g/mol. The Bertz CT molecular complexity index is 688. The van der Waals surface area contributed by atoms with Crippen LogP contribution in [0.1, 0.15) is 43.2 Å². The maximum absolute atomic E-state index is 12.9. The van der Waals surface area contributed by atoms with E-state index in [1.807, 2.05) is 6.07 Å². The van der Waals surface area contributed by atoms with Crippen LogP contribution < -0.4 is 0 Å². The molecule has 3 nitrogen and oxygen atoms in total. The monoisotopic (exact) mass is 312 g/mol. The largest absolute Gasteiger partial charge is 0.333 e. The molecule has 0 radical (unpaired) electrons. The maximum Gasteiger partial charge on any atom is 0.226 e. The molecule has 2 aromatic rings. The minimum atomic E-state index is 0.181. The minimum absolute atomic E-state index is 0.181. The molecule has 0 unspecified atom stereocenters. The van der Waals surface area contributed by atoms with Gasteiger partial charge in [-0.25, -0.2) is 4.98 Å². The Hall–Kier alpha value is -1.68. The summed E-state index contributed by atoms with van der Waals surface area (Å²) in [7, 11) is 0. The molecule has 1 aromatic heterocycles. The van der Waals surface area contributed by atoms with Gasteiger partial charge in [0.1, 0.15) is 5.01 Å². The third-order valence-corrected chi connectivity index (χ3v) is 5.89. The highest BCUT2D eigenvalue weighted by Crippen LogP contribution is 2.38. The van der Waals surface area contributed by atoms with Crippen molar-refractivity contribution in [2.75, 3.05) is 6.54 Å². The number of carbonyl (C=O) groups excluding carboxylic acids is 1. The highest BCUT2D eigenvalue weighted by atomic mass is 32.1. The molecule has 0 N–H and O–H groups in total. The summed E-state index contributed by atoms with van der Waals surface area (Å²) in [5.41, 5.74) is 1.06. The summed E-state index contributed by atoms with van der Waals surface area (Å²) < 4.78 is 1.22. The van der Waals surface area contributed by atoms with E-state index in [4.69, 9.17) is 4.98 Å². The minimum Gasteiger partial charge on any atom is -0.333 e. The molecule has 22 heavy (non-hydrogen) atoms. The molecule has 0 saturated carbocycles. The van der Waals surface area contributed by atoms with Crippen molar-refractivity contribution in [3.05, 3.63) is 41.4 Å². The fraction of sp³-hybridized carbons (Fsp3) is 0.444. The van der Waals surface area contributed by atoms with Crippen LogP contribution in [-0.2, 0) is 4.79 Å². The molecule has 0 bridgehead atoms. The van der Waals surface area contributed by atoms with Gasteiger partial charge in [0.2, 0.25) is 5.91 Å². The Morgan fingerprint density at radius 3 is 2.95 bits per heavy atom. The van der Waals surface area contributed by atoms with Crippen molar-refractivity contribution >= 4 is 27.5 Å². The number of fused-ring (bicyclic) bond motifs is 1. The number of thiazole rings is 1. The van der Waals surface area contributed by atoms with Gasteiger partial charge in [-0.05, 0) is 44.2 Å². The molecular formula is C18H20N2OS. The molecule has 1 amide bonds. The maximum atomic E-state index is 12.9. The van der Waals surface area contributed by atoms with Crippen molar-refractivity contribution in [3.63, 3.8) is 0 Å². The van der Waals surface area contributed by atoms with Gasteiger partial charge in [-0.2, -0.15) is 0 Å². The van der Waals surface area contributed by atoms with Gasteiger partial charge in [-0.3, -0.25) is 4.79 Å². The number of nitrogens with zero attached hydrogens (tertiary/aromatic N) is 2. The van der Waals surface area contributed by atoms with Crippen LogP contribution in [0.15, 0.2) is 36.4 Å².